The van der Waals surface area contributed by atoms with E-state index < -0.39 is 5.51 Å². The molecule has 0 radical (unpaired) electrons. The molecule has 0 aromatic rings. The molecule has 1 N–H and O–H groups in total. The molecule has 0 spiro atoms. The number of rotatable bonds is 6. The second-order valence-electron chi connectivity index (χ2n) is 4.38. The van der Waals surface area contributed by atoms with Gasteiger partial charge in [-0.2, -0.15) is 13.2 Å². The van der Waals surface area contributed by atoms with Gasteiger partial charge in [-0.15, -0.1) is 0 Å². The Bertz CT molecular complexity index is 190. The van der Waals surface area contributed by atoms with Crippen LogP contribution in [-0.2, 0) is 0 Å². The first-order chi connectivity index (χ1) is 7.53. The smallest absolute Gasteiger partial charge is 0.317 e. The van der Waals surface area contributed by atoms with E-state index in [1.807, 2.05) is 7.05 Å². The summed E-state index contributed by atoms with van der Waals surface area (Å²) in [5.41, 5.74) is -4.07. The standard InChI is InChI=1S/C11H20F3NS/c1-15-10(9-5-2-3-6-9)7-4-8-16-11(12,13)14/h9-10,15H,2-8H2,1H3. The Hall–Kier alpha value is 0.100. The van der Waals surface area contributed by atoms with Crippen molar-refractivity contribution in [1.29, 1.82) is 0 Å². The molecule has 16 heavy (non-hydrogen) atoms. The number of alkyl halides is 3. The van der Waals surface area contributed by atoms with Crippen LogP contribution in [0.15, 0.2) is 0 Å². The van der Waals surface area contributed by atoms with Crippen LogP contribution < -0.4 is 5.32 Å². The Labute approximate surface area is 99.6 Å². The van der Waals surface area contributed by atoms with Gasteiger partial charge in [0.25, 0.3) is 0 Å². The van der Waals surface area contributed by atoms with E-state index in [0.29, 0.717) is 18.4 Å². The summed E-state index contributed by atoms with van der Waals surface area (Å²) in [6.07, 6.45) is 6.53. The Morgan fingerprint density at radius 2 is 1.94 bits per heavy atom. The quantitative estimate of drug-likeness (QED) is 0.725. The minimum atomic E-state index is -4.07. The maximum Gasteiger partial charge on any atom is 0.441 e. The summed E-state index contributed by atoms with van der Waals surface area (Å²) >= 11 is 0.101. The molecule has 0 amide bonds. The molecule has 1 atom stereocenters. The van der Waals surface area contributed by atoms with E-state index in [-0.39, 0.29) is 17.5 Å². The van der Waals surface area contributed by atoms with Gasteiger partial charge in [-0.05, 0) is 38.6 Å². The number of nitrogens with one attached hydrogen (secondary N) is 1. The van der Waals surface area contributed by atoms with Crippen molar-refractivity contribution in [2.45, 2.75) is 50.1 Å². The summed E-state index contributed by atoms with van der Waals surface area (Å²) in [5, 5.41) is 3.25. The van der Waals surface area contributed by atoms with E-state index in [4.69, 9.17) is 0 Å². The Morgan fingerprint density at radius 3 is 2.44 bits per heavy atom. The van der Waals surface area contributed by atoms with Crippen molar-refractivity contribution in [1.82, 2.24) is 5.32 Å². The van der Waals surface area contributed by atoms with Crippen molar-refractivity contribution in [3.63, 3.8) is 0 Å². The van der Waals surface area contributed by atoms with Crippen molar-refractivity contribution in [2.24, 2.45) is 5.92 Å². The highest BCUT2D eigenvalue weighted by atomic mass is 32.2. The van der Waals surface area contributed by atoms with Gasteiger partial charge in [0.05, 0.1) is 0 Å². The van der Waals surface area contributed by atoms with Crippen LogP contribution in [-0.4, -0.2) is 24.4 Å². The van der Waals surface area contributed by atoms with Crippen molar-refractivity contribution in [2.75, 3.05) is 12.8 Å². The van der Waals surface area contributed by atoms with E-state index in [0.717, 1.165) is 6.42 Å². The number of hydrogen-bond donors (Lipinski definition) is 1. The molecule has 1 unspecified atom stereocenters. The van der Waals surface area contributed by atoms with Crippen molar-refractivity contribution >= 4 is 11.8 Å². The maximum atomic E-state index is 11.9. The predicted molar refractivity (Wildman–Crippen MR) is 62.6 cm³/mol. The second kappa shape index (κ2) is 6.74. The fraction of sp³-hybridized carbons (Fsp3) is 1.00. The average molecular weight is 255 g/mol. The van der Waals surface area contributed by atoms with Crippen LogP contribution in [0.1, 0.15) is 38.5 Å². The van der Waals surface area contributed by atoms with Gasteiger partial charge < -0.3 is 5.32 Å². The zero-order valence-electron chi connectivity index (χ0n) is 9.65. The zero-order valence-corrected chi connectivity index (χ0v) is 10.5. The molecule has 1 saturated carbocycles. The van der Waals surface area contributed by atoms with Gasteiger partial charge >= 0.3 is 5.51 Å². The first-order valence-electron chi connectivity index (χ1n) is 5.91. The molecular formula is C11H20F3NS. The van der Waals surface area contributed by atoms with Crippen LogP contribution in [0.3, 0.4) is 0 Å². The van der Waals surface area contributed by atoms with Crippen molar-refractivity contribution in [3.05, 3.63) is 0 Å². The molecule has 1 rings (SSSR count). The summed E-state index contributed by atoms with van der Waals surface area (Å²) in [5.74, 6) is 0.870. The molecule has 0 aromatic heterocycles. The second-order valence-corrected chi connectivity index (χ2v) is 5.54. The lowest BCUT2D eigenvalue weighted by molar-refractivity contribution is -0.0328. The lowest BCUT2D eigenvalue weighted by Crippen LogP contribution is -2.32. The molecule has 0 heterocycles. The molecule has 1 nitrogen and oxygen atoms in total. The maximum absolute atomic E-state index is 11.9. The van der Waals surface area contributed by atoms with Gasteiger partial charge in [-0.1, -0.05) is 24.6 Å². The molecule has 96 valence electrons. The van der Waals surface area contributed by atoms with Crippen molar-refractivity contribution in [3.8, 4) is 0 Å². The van der Waals surface area contributed by atoms with E-state index in [2.05, 4.69) is 5.32 Å². The van der Waals surface area contributed by atoms with E-state index in [9.17, 15) is 13.2 Å². The lowest BCUT2D eigenvalue weighted by Gasteiger charge is -2.22. The van der Waals surface area contributed by atoms with Crippen LogP contribution >= 0.6 is 11.8 Å². The Morgan fingerprint density at radius 1 is 1.31 bits per heavy atom. The number of hydrogen-bond acceptors (Lipinski definition) is 2. The minimum Gasteiger partial charge on any atom is -0.317 e. The van der Waals surface area contributed by atoms with Gasteiger partial charge in [0.2, 0.25) is 0 Å². The molecule has 0 aromatic carbocycles. The fourth-order valence-electron chi connectivity index (χ4n) is 2.47. The molecule has 1 aliphatic carbocycles. The molecule has 0 bridgehead atoms. The highest BCUT2D eigenvalue weighted by molar-refractivity contribution is 8.00. The first kappa shape index (κ1) is 14.2. The number of halogens is 3. The summed E-state index contributed by atoms with van der Waals surface area (Å²) in [6.45, 7) is 0. The third kappa shape index (κ3) is 5.43. The van der Waals surface area contributed by atoms with Crippen LogP contribution in [0.5, 0.6) is 0 Å². The number of thioether (sulfide) groups is 1. The van der Waals surface area contributed by atoms with E-state index >= 15 is 0 Å². The third-order valence-electron chi connectivity index (χ3n) is 3.26. The molecular weight excluding hydrogens is 235 g/mol. The van der Waals surface area contributed by atoms with Crippen LogP contribution in [0.4, 0.5) is 13.2 Å². The van der Waals surface area contributed by atoms with Crippen LogP contribution in [0.25, 0.3) is 0 Å². The Kier molecular flexibility index (Phi) is 5.97. The summed E-state index contributed by atoms with van der Waals surface area (Å²) in [6, 6.07) is 0.413. The highest BCUT2D eigenvalue weighted by Crippen LogP contribution is 2.32. The fourth-order valence-corrected chi connectivity index (χ4v) is 3.01. The molecule has 5 heteroatoms. The van der Waals surface area contributed by atoms with Gasteiger partial charge in [0, 0.05) is 11.8 Å². The highest BCUT2D eigenvalue weighted by Gasteiger charge is 2.28. The van der Waals surface area contributed by atoms with Crippen LogP contribution in [0, 0.1) is 5.92 Å². The van der Waals surface area contributed by atoms with E-state index in [1.54, 1.807) is 0 Å². The third-order valence-corrected chi connectivity index (χ3v) is 4.08. The summed E-state index contributed by atoms with van der Waals surface area (Å²) in [7, 11) is 1.92. The summed E-state index contributed by atoms with van der Waals surface area (Å²) < 4.78 is 35.7. The van der Waals surface area contributed by atoms with Crippen LogP contribution in [0.2, 0.25) is 0 Å². The monoisotopic (exact) mass is 255 g/mol. The zero-order chi connectivity index (χ0) is 12.0. The topological polar surface area (TPSA) is 12.0 Å². The van der Waals surface area contributed by atoms with Gasteiger partial charge in [0.1, 0.15) is 0 Å². The predicted octanol–water partition coefficient (Wildman–Crippen LogP) is 3.80. The molecule has 1 aliphatic rings. The molecule has 0 saturated heterocycles. The SMILES string of the molecule is CNC(CCCSC(F)(F)F)C1CCCC1. The van der Waals surface area contributed by atoms with Crippen molar-refractivity contribution < 1.29 is 13.2 Å². The summed E-state index contributed by atoms with van der Waals surface area (Å²) in [4.78, 5) is 0. The molecule has 1 fully saturated rings. The normalized spacial score (nSPS) is 20.2. The Balaban J connectivity index is 2.14. The minimum absolute atomic E-state index is 0.101. The van der Waals surface area contributed by atoms with Gasteiger partial charge in [-0.25, -0.2) is 0 Å². The van der Waals surface area contributed by atoms with E-state index in [1.165, 1.54) is 25.7 Å². The largest absolute Gasteiger partial charge is 0.441 e. The average Bonchev–Trinajstić information content (AvgIpc) is 2.69. The first-order valence-corrected chi connectivity index (χ1v) is 6.89. The lowest BCUT2D eigenvalue weighted by atomic mass is 9.95. The molecule has 0 aliphatic heterocycles. The van der Waals surface area contributed by atoms with Gasteiger partial charge in [-0.3, -0.25) is 0 Å². The van der Waals surface area contributed by atoms with Gasteiger partial charge in [0.15, 0.2) is 0 Å².